The third-order valence-corrected chi connectivity index (χ3v) is 2.68. The molecule has 1 amide bonds. The van der Waals surface area contributed by atoms with E-state index >= 15 is 0 Å². The monoisotopic (exact) mass is 240 g/mol. The zero-order chi connectivity index (χ0) is 13.0. The molecule has 0 aliphatic carbocycles. The summed E-state index contributed by atoms with van der Waals surface area (Å²) in [5, 5.41) is 2.84. The van der Waals surface area contributed by atoms with Crippen LogP contribution in [0.5, 0.6) is 0 Å². The Morgan fingerprint density at radius 1 is 1.06 bits per heavy atom. The normalized spacial score (nSPS) is 11.9. The summed E-state index contributed by atoms with van der Waals surface area (Å²) >= 11 is 0. The fourth-order valence-corrected chi connectivity index (χ4v) is 1.71. The van der Waals surface area contributed by atoms with Crippen LogP contribution in [0.25, 0.3) is 11.1 Å². The fraction of sp³-hybridized carbons (Fsp3) is 0.133. The number of nitrogens with one attached hydrogen (secondary N) is 1. The maximum absolute atomic E-state index is 11.7. The molecule has 2 aromatic rings. The molecule has 3 N–H and O–H groups in total. The summed E-state index contributed by atoms with van der Waals surface area (Å²) < 4.78 is 0. The van der Waals surface area contributed by atoms with E-state index in [1.165, 1.54) is 0 Å². The van der Waals surface area contributed by atoms with Gasteiger partial charge in [0.1, 0.15) is 0 Å². The SMILES string of the molecule is C[C@@H](N)C(=O)Nc1ccccc1-c1ccccc1. The summed E-state index contributed by atoms with van der Waals surface area (Å²) in [6.07, 6.45) is 0. The lowest BCUT2D eigenvalue weighted by molar-refractivity contribution is -0.117. The summed E-state index contributed by atoms with van der Waals surface area (Å²) in [5.74, 6) is -0.182. The van der Waals surface area contributed by atoms with Gasteiger partial charge in [-0.05, 0) is 18.6 Å². The summed E-state index contributed by atoms with van der Waals surface area (Å²) in [7, 11) is 0. The van der Waals surface area contributed by atoms with Crippen molar-refractivity contribution in [1.29, 1.82) is 0 Å². The van der Waals surface area contributed by atoms with Crippen molar-refractivity contribution in [2.75, 3.05) is 5.32 Å². The van der Waals surface area contributed by atoms with Gasteiger partial charge in [0, 0.05) is 11.3 Å². The largest absolute Gasteiger partial charge is 0.324 e. The van der Waals surface area contributed by atoms with Gasteiger partial charge < -0.3 is 11.1 Å². The molecule has 0 saturated carbocycles. The quantitative estimate of drug-likeness (QED) is 0.866. The summed E-state index contributed by atoms with van der Waals surface area (Å²) in [6, 6.07) is 17.1. The molecule has 92 valence electrons. The average Bonchev–Trinajstić information content (AvgIpc) is 2.40. The minimum absolute atomic E-state index is 0.182. The van der Waals surface area contributed by atoms with Crippen LogP contribution in [0.2, 0.25) is 0 Å². The van der Waals surface area contributed by atoms with E-state index < -0.39 is 6.04 Å². The Balaban J connectivity index is 2.35. The molecule has 2 aromatic carbocycles. The van der Waals surface area contributed by atoms with Crippen LogP contribution in [-0.2, 0) is 4.79 Å². The minimum Gasteiger partial charge on any atom is -0.324 e. The number of anilines is 1. The van der Waals surface area contributed by atoms with Crippen molar-refractivity contribution >= 4 is 11.6 Å². The zero-order valence-corrected chi connectivity index (χ0v) is 10.3. The maximum atomic E-state index is 11.7. The summed E-state index contributed by atoms with van der Waals surface area (Å²) in [4.78, 5) is 11.7. The molecule has 0 spiro atoms. The van der Waals surface area contributed by atoms with E-state index in [4.69, 9.17) is 5.73 Å². The van der Waals surface area contributed by atoms with Crippen molar-refractivity contribution in [3.8, 4) is 11.1 Å². The van der Waals surface area contributed by atoms with Crippen LogP contribution in [0.15, 0.2) is 54.6 Å². The predicted molar refractivity (Wildman–Crippen MR) is 74.2 cm³/mol. The third kappa shape index (κ3) is 2.76. The highest BCUT2D eigenvalue weighted by Gasteiger charge is 2.10. The molecule has 0 unspecified atom stereocenters. The van der Waals surface area contributed by atoms with Gasteiger partial charge >= 0.3 is 0 Å². The Labute approximate surface area is 107 Å². The highest BCUT2D eigenvalue weighted by molar-refractivity contribution is 5.98. The molecule has 0 aromatic heterocycles. The van der Waals surface area contributed by atoms with Crippen LogP contribution < -0.4 is 11.1 Å². The molecule has 0 heterocycles. The molecule has 18 heavy (non-hydrogen) atoms. The third-order valence-electron chi connectivity index (χ3n) is 2.68. The van der Waals surface area contributed by atoms with E-state index in [9.17, 15) is 4.79 Å². The summed E-state index contributed by atoms with van der Waals surface area (Å²) in [5.41, 5.74) is 8.40. The first kappa shape index (κ1) is 12.3. The van der Waals surface area contributed by atoms with Crippen LogP contribution >= 0.6 is 0 Å². The van der Waals surface area contributed by atoms with E-state index in [1.54, 1.807) is 6.92 Å². The van der Waals surface area contributed by atoms with Crippen LogP contribution in [0.1, 0.15) is 6.92 Å². The predicted octanol–water partition coefficient (Wildman–Crippen LogP) is 2.64. The number of hydrogen-bond acceptors (Lipinski definition) is 2. The van der Waals surface area contributed by atoms with Gasteiger partial charge in [-0.25, -0.2) is 0 Å². The van der Waals surface area contributed by atoms with Crippen LogP contribution in [0.4, 0.5) is 5.69 Å². The highest BCUT2D eigenvalue weighted by atomic mass is 16.2. The van der Waals surface area contributed by atoms with Crippen LogP contribution in [0, 0.1) is 0 Å². The Morgan fingerprint density at radius 3 is 2.33 bits per heavy atom. The second-order valence-electron chi connectivity index (χ2n) is 4.19. The van der Waals surface area contributed by atoms with E-state index in [1.807, 2.05) is 54.6 Å². The molecule has 0 fully saturated rings. The van der Waals surface area contributed by atoms with Gasteiger partial charge in [0.25, 0.3) is 0 Å². The Kier molecular flexibility index (Phi) is 3.75. The van der Waals surface area contributed by atoms with E-state index in [0.717, 1.165) is 16.8 Å². The molecule has 0 bridgehead atoms. The fourth-order valence-electron chi connectivity index (χ4n) is 1.71. The topological polar surface area (TPSA) is 55.1 Å². The molecule has 0 aliphatic rings. The first-order chi connectivity index (χ1) is 8.68. The van der Waals surface area contributed by atoms with Gasteiger partial charge in [-0.1, -0.05) is 48.5 Å². The lowest BCUT2D eigenvalue weighted by Crippen LogP contribution is -2.32. The second kappa shape index (κ2) is 5.47. The van der Waals surface area contributed by atoms with Crippen molar-refractivity contribution < 1.29 is 4.79 Å². The first-order valence-electron chi connectivity index (χ1n) is 5.89. The van der Waals surface area contributed by atoms with Crippen LogP contribution in [-0.4, -0.2) is 11.9 Å². The van der Waals surface area contributed by atoms with Crippen molar-refractivity contribution in [3.05, 3.63) is 54.6 Å². The number of benzene rings is 2. The lowest BCUT2D eigenvalue weighted by Gasteiger charge is -2.12. The van der Waals surface area contributed by atoms with Gasteiger partial charge in [0.05, 0.1) is 6.04 Å². The minimum atomic E-state index is -0.520. The summed E-state index contributed by atoms with van der Waals surface area (Å²) in [6.45, 7) is 1.67. The molecule has 0 radical (unpaired) electrons. The number of rotatable bonds is 3. The van der Waals surface area contributed by atoms with Gasteiger partial charge in [0.15, 0.2) is 0 Å². The molecule has 0 saturated heterocycles. The van der Waals surface area contributed by atoms with Gasteiger partial charge in [-0.15, -0.1) is 0 Å². The van der Waals surface area contributed by atoms with Crippen molar-refractivity contribution in [1.82, 2.24) is 0 Å². The zero-order valence-electron chi connectivity index (χ0n) is 10.3. The van der Waals surface area contributed by atoms with E-state index in [2.05, 4.69) is 5.32 Å². The molecule has 3 heteroatoms. The standard InChI is InChI=1S/C15H16N2O/c1-11(16)15(18)17-14-10-6-5-9-13(14)12-7-3-2-4-8-12/h2-11H,16H2,1H3,(H,17,18)/t11-/m1/s1. The number of para-hydroxylation sites is 1. The Morgan fingerprint density at radius 2 is 1.67 bits per heavy atom. The number of amides is 1. The first-order valence-corrected chi connectivity index (χ1v) is 5.89. The molecule has 3 nitrogen and oxygen atoms in total. The smallest absolute Gasteiger partial charge is 0.241 e. The lowest BCUT2D eigenvalue weighted by atomic mass is 10.0. The second-order valence-corrected chi connectivity index (χ2v) is 4.19. The average molecular weight is 240 g/mol. The van der Waals surface area contributed by atoms with Gasteiger partial charge in [-0.2, -0.15) is 0 Å². The van der Waals surface area contributed by atoms with E-state index in [0.29, 0.717) is 0 Å². The molecule has 1 atom stereocenters. The molecular formula is C15H16N2O. The van der Waals surface area contributed by atoms with Gasteiger partial charge in [0.2, 0.25) is 5.91 Å². The molecule has 0 aliphatic heterocycles. The number of carbonyl (C=O) groups excluding carboxylic acids is 1. The highest BCUT2D eigenvalue weighted by Crippen LogP contribution is 2.27. The Hall–Kier alpha value is -2.13. The van der Waals surface area contributed by atoms with Crippen molar-refractivity contribution in [2.45, 2.75) is 13.0 Å². The number of carbonyl (C=O) groups is 1. The molecule has 2 rings (SSSR count). The Bertz CT molecular complexity index is 535. The van der Waals surface area contributed by atoms with Gasteiger partial charge in [-0.3, -0.25) is 4.79 Å². The van der Waals surface area contributed by atoms with E-state index in [-0.39, 0.29) is 5.91 Å². The number of nitrogens with two attached hydrogens (primary N) is 1. The maximum Gasteiger partial charge on any atom is 0.241 e. The van der Waals surface area contributed by atoms with Crippen molar-refractivity contribution in [2.24, 2.45) is 5.73 Å². The van der Waals surface area contributed by atoms with Crippen LogP contribution in [0.3, 0.4) is 0 Å². The molecular weight excluding hydrogens is 224 g/mol. The number of hydrogen-bond donors (Lipinski definition) is 2. The van der Waals surface area contributed by atoms with Crippen molar-refractivity contribution in [3.63, 3.8) is 0 Å².